The summed E-state index contributed by atoms with van der Waals surface area (Å²) in [5.41, 5.74) is 0. The highest BCUT2D eigenvalue weighted by molar-refractivity contribution is 6.12. The lowest BCUT2D eigenvalue weighted by Gasteiger charge is -2.09. The third-order valence-corrected chi connectivity index (χ3v) is 4.21. The number of benzene rings is 4. The first kappa shape index (κ1) is 13.0. The summed E-state index contributed by atoms with van der Waals surface area (Å²) in [6, 6.07) is 21.2. The maximum absolute atomic E-state index is 5.32. The summed E-state index contributed by atoms with van der Waals surface area (Å²) in [7, 11) is 3.40. The SMILES string of the molecule is COc1ccc2cc3c(ccc4cc(OC)ccc43)cc2c1. The minimum absolute atomic E-state index is 0.886. The molecule has 22 heavy (non-hydrogen) atoms. The van der Waals surface area contributed by atoms with Crippen molar-refractivity contribution in [2.24, 2.45) is 0 Å². The summed E-state index contributed by atoms with van der Waals surface area (Å²) in [4.78, 5) is 0. The number of rotatable bonds is 2. The molecule has 0 unspecified atom stereocenters. The van der Waals surface area contributed by atoms with E-state index < -0.39 is 0 Å². The van der Waals surface area contributed by atoms with Crippen molar-refractivity contribution in [3.05, 3.63) is 60.7 Å². The molecule has 2 nitrogen and oxygen atoms in total. The van der Waals surface area contributed by atoms with Gasteiger partial charge >= 0.3 is 0 Å². The molecule has 0 heterocycles. The van der Waals surface area contributed by atoms with Crippen LogP contribution in [0, 0.1) is 0 Å². The summed E-state index contributed by atoms with van der Waals surface area (Å²) in [5, 5.41) is 7.35. The third-order valence-electron chi connectivity index (χ3n) is 4.21. The smallest absolute Gasteiger partial charge is 0.119 e. The molecule has 0 bridgehead atoms. The van der Waals surface area contributed by atoms with Crippen molar-refractivity contribution in [1.82, 2.24) is 0 Å². The van der Waals surface area contributed by atoms with E-state index in [1.54, 1.807) is 14.2 Å². The van der Waals surface area contributed by atoms with Crippen LogP contribution in [0.15, 0.2) is 60.7 Å². The number of hydrogen-bond donors (Lipinski definition) is 0. The van der Waals surface area contributed by atoms with Gasteiger partial charge in [-0.3, -0.25) is 0 Å². The Morgan fingerprint density at radius 3 is 1.82 bits per heavy atom. The zero-order chi connectivity index (χ0) is 15.1. The molecule has 0 spiro atoms. The average molecular weight is 288 g/mol. The van der Waals surface area contributed by atoms with E-state index in [1.165, 1.54) is 32.3 Å². The Kier molecular flexibility index (Phi) is 2.90. The largest absolute Gasteiger partial charge is 0.497 e. The first-order chi connectivity index (χ1) is 10.8. The monoisotopic (exact) mass is 288 g/mol. The van der Waals surface area contributed by atoms with E-state index in [0.717, 1.165) is 11.5 Å². The van der Waals surface area contributed by atoms with Gasteiger partial charge in [0.1, 0.15) is 11.5 Å². The van der Waals surface area contributed by atoms with E-state index >= 15 is 0 Å². The minimum atomic E-state index is 0.886. The van der Waals surface area contributed by atoms with Gasteiger partial charge < -0.3 is 9.47 Å². The zero-order valence-electron chi connectivity index (χ0n) is 12.6. The molecule has 0 fully saturated rings. The van der Waals surface area contributed by atoms with Gasteiger partial charge in [-0.25, -0.2) is 0 Å². The maximum atomic E-state index is 5.32. The number of ether oxygens (including phenoxy) is 2. The van der Waals surface area contributed by atoms with Crippen molar-refractivity contribution in [3.63, 3.8) is 0 Å². The second-order valence-corrected chi connectivity index (χ2v) is 5.44. The van der Waals surface area contributed by atoms with Crippen LogP contribution in [0.3, 0.4) is 0 Å². The lowest BCUT2D eigenvalue weighted by Crippen LogP contribution is -1.85. The van der Waals surface area contributed by atoms with Crippen molar-refractivity contribution < 1.29 is 9.47 Å². The fraction of sp³-hybridized carbons (Fsp3) is 0.100. The van der Waals surface area contributed by atoms with Crippen LogP contribution in [0.5, 0.6) is 11.5 Å². The van der Waals surface area contributed by atoms with Crippen molar-refractivity contribution in [2.45, 2.75) is 0 Å². The van der Waals surface area contributed by atoms with Crippen LogP contribution < -0.4 is 9.47 Å². The van der Waals surface area contributed by atoms with Gasteiger partial charge in [0, 0.05) is 0 Å². The Bertz CT molecular complexity index is 991. The van der Waals surface area contributed by atoms with Crippen LogP contribution in [0.2, 0.25) is 0 Å². The highest BCUT2D eigenvalue weighted by Crippen LogP contribution is 2.32. The molecule has 0 radical (unpaired) electrons. The highest BCUT2D eigenvalue weighted by Gasteiger charge is 2.05. The van der Waals surface area contributed by atoms with E-state index in [0.29, 0.717) is 0 Å². The molecule has 0 saturated heterocycles. The molecular formula is C20H16O2. The standard InChI is InChI=1S/C20H16O2/c1-21-17-6-5-13-12-20-14(9-16(13)11-17)3-4-15-10-18(22-2)7-8-19(15)20/h3-12H,1-2H3. The summed E-state index contributed by atoms with van der Waals surface area (Å²) in [5.74, 6) is 1.77. The lowest BCUT2D eigenvalue weighted by molar-refractivity contribution is 0.415. The first-order valence-electron chi connectivity index (χ1n) is 7.27. The molecule has 0 atom stereocenters. The van der Waals surface area contributed by atoms with Gasteiger partial charge in [-0.1, -0.05) is 24.3 Å². The van der Waals surface area contributed by atoms with Crippen LogP contribution in [-0.2, 0) is 0 Å². The Labute approximate surface area is 128 Å². The van der Waals surface area contributed by atoms with E-state index in [4.69, 9.17) is 9.47 Å². The summed E-state index contributed by atoms with van der Waals surface area (Å²) >= 11 is 0. The molecule has 4 rings (SSSR count). The predicted molar refractivity (Wildman–Crippen MR) is 92.1 cm³/mol. The fourth-order valence-corrected chi connectivity index (χ4v) is 3.02. The van der Waals surface area contributed by atoms with E-state index in [-0.39, 0.29) is 0 Å². The van der Waals surface area contributed by atoms with Gasteiger partial charge in [0.2, 0.25) is 0 Å². The topological polar surface area (TPSA) is 18.5 Å². The number of hydrogen-bond acceptors (Lipinski definition) is 2. The van der Waals surface area contributed by atoms with Crippen molar-refractivity contribution in [2.75, 3.05) is 14.2 Å². The summed E-state index contributed by atoms with van der Waals surface area (Å²) in [6.45, 7) is 0. The Morgan fingerprint density at radius 1 is 0.500 bits per heavy atom. The average Bonchev–Trinajstić information content (AvgIpc) is 2.58. The molecule has 0 aliphatic carbocycles. The van der Waals surface area contributed by atoms with Crippen LogP contribution >= 0.6 is 0 Å². The van der Waals surface area contributed by atoms with Gasteiger partial charge in [0.05, 0.1) is 14.2 Å². The fourth-order valence-electron chi connectivity index (χ4n) is 3.02. The lowest BCUT2D eigenvalue weighted by atomic mass is 9.98. The highest BCUT2D eigenvalue weighted by atomic mass is 16.5. The van der Waals surface area contributed by atoms with Gasteiger partial charge in [0.25, 0.3) is 0 Å². The van der Waals surface area contributed by atoms with E-state index in [2.05, 4.69) is 48.5 Å². The summed E-state index contributed by atoms with van der Waals surface area (Å²) < 4.78 is 10.6. The van der Waals surface area contributed by atoms with Crippen molar-refractivity contribution >= 4 is 32.3 Å². The molecule has 0 N–H and O–H groups in total. The van der Waals surface area contributed by atoms with Crippen LogP contribution in [0.1, 0.15) is 0 Å². The van der Waals surface area contributed by atoms with Crippen molar-refractivity contribution in [1.29, 1.82) is 0 Å². The second-order valence-electron chi connectivity index (χ2n) is 5.44. The Hall–Kier alpha value is -2.74. The predicted octanol–water partition coefficient (Wildman–Crippen LogP) is 5.16. The maximum Gasteiger partial charge on any atom is 0.119 e. The molecule has 4 aromatic carbocycles. The van der Waals surface area contributed by atoms with Crippen LogP contribution in [0.25, 0.3) is 32.3 Å². The normalized spacial score (nSPS) is 11.2. The van der Waals surface area contributed by atoms with E-state index in [1.807, 2.05) is 12.1 Å². The second kappa shape index (κ2) is 4.92. The number of methoxy groups -OCH3 is 2. The number of fused-ring (bicyclic) bond motifs is 4. The quantitative estimate of drug-likeness (QED) is 0.374. The molecular weight excluding hydrogens is 272 g/mol. The summed E-state index contributed by atoms with van der Waals surface area (Å²) in [6.07, 6.45) is 0. The molecule has 2 heteroatoms. The van der Waals surface area contributed by atoms with Crippen LogP contribution in [-0.4, -0.2) is 14.2 Å². The first-order valence-corrected chi connectivity index (χ1v) is 7.27. The minimum Gasteiger partial charge on any atom is -0.497 e. The van der Waals surface area contributed by atoms with Crippen molar-refractivity contribution in [3.8, 4) is 11.5 Å². The third kappa shape index (κ3) is 1.96. The molecule has 0 amide bonds. The molecule has 0 saturated carbocycles. The Balaban J connectivity index is 2.06. The van der Waals surface area contributed by atoms with Gasteiger partial charge in [-0.2, -0.15) is 0 Å². The molecule has 4 aromatic rings. The van der Waals surface area contributed by atoms with E-state index in [9.17, 15) is 0 Å². The van der Waals surface area contributed by atoms with Gasteiger partial charge in [0.15, 0.2) is 0 Å². The van der Waals surface area contributed by atoms with Gasteiger partial charge in [-0.15, -0.1) is 0 Å². The Morgan fingerprint density at radius 2 is 1.09 bits per heavy atom. The molecule has 0 aliphatic rings. The van der Waals surface area contributed by atoms with Gasteiger partial charge in [-0.05, 0) is 68.7 Å². The molecule has 0 aromatic heterocycles. The molecule has 0 aliphatic heterocycles. The van der Waals surface area contributed by atoms with Crippen LogP contribution in [0.4, 0.5) is 0 Å². The zero-order valence-corrected chi connectivity index (χ0v) is 12.6. The molecule has 108 valence electrons.